The Hall–Kier alpha value is -0.820. The molecular formula is C9H13NO4S2. The molecule has 1 N–H and O–H groups in total. The van der Waals surface area contributed by atoms with E-state index in [9.17, 15) is 9.59 Å². The Labute approximate surface area is 103 Å². The van der Waals surface area contributed by atoms with Crippen LogP contribution in [-0.2, 0) is 14.3 Å². The molecule has 0 bridgehead atoms. The van der Waals surface area contributed by atoms with Crippen molar-refractivity contribution in [3.8, 4) is 0 Å². The van der Waals surface area contributed by atoms with Crippen LogP contribution in [0.3, 0.4) is 0 Å². The molecule has 16 heavy (non-hydrogen) atoms. The number of thioether (sulfide) groups is 1. The van der Waals surface area contributed by atoms with Crippen molar-refractivity contribution in [2.45, 2.75) is 25.9 Å². The lowest BCUT2D eigenvalue weighted by Gasteiger charge is -2.27. The minimum atomic E-state index is -1.00. The fourth-order valence-electron chi connectivity index (χ4n) is 1.40. The van der Waals surface area contributed by atoms with Crippen LogP contribution in [0, 0.1) is 0 Å². The molecule has 0 aromatic heterocycles. The fraction of sp³-hybridized carbons (Fsp3) is 0.667. The molecule has 2 unspecified atom stereocenters. The van der Waals surface area contributed by atoms with Gasteiger partial charge in [0.2, 0.25) is 0 Å². The smallest absolute Gasteiger partial charge is 0.329 e. The van der Waals surface area contributed by atoms with E-state index in [1.165, 1.54) is 23.6 Å². The molecule has 0 aromatic carbocycles. The van der Waals surface area contributed by atoms with Crippen molar-refractivity contribution in [2.24, 2.45) is 0 Å². The van der Waals surface area contributed by atoms with Crippen LogP contribution in [0.25, 0.3) is 0 Å². The summed E-state index contributed by atoms with van der Waals surface area (Å²) in [4.78, 5) is 23.9. The summed E-state index contributed by atoms with van der Waals surface area (Å²) in [6, 6.07) is -1.39. The van der Waals surface area contributed by atoms with Crippen LogP contribution in [0.2, 0.25) is 0 Å². The fourth-order valence-corrected chi connectivity index (χ4v) is 2.92. The predicted octanol–water partition coefficient (Wildman–Crippen LogP) is 0.725. The second kappa shape index (κ2) is 5.49. The summed E-state index contributed by atoms with van der Waals surface area (Å²) in [6.07, 6.45) is 0. The second-order valence-corrected chi connectivity index (χ2v) is 4.92. The number of rotatable bonds is 4. The molecule has 90 valence electrons. The summed E-state index contributed by atoms with van der Waals surface area (Å²) in [7, 11) is 0. The van der Waals surface area contributed by atoms with E-state index < -0.39 is 24.0 Å². The molecule has 0 aromatic rings. The normalized spacial score (nSPS) is 22.0. The van der Waals surface area contributed by atoms with Gasteiger partial charge in [-0.15, -0.1) is 0 Å². The Morgan fingerprint density at radius 2 is 2.38 bits per heavy atom. The van der Waals surface area contributed by atoms with Gasteiger partial charge in [-0.3, -0.25) is 0 Å². The highest BCUT2D eigenvalue weighted by atomic mass is 32.2. The van der Waals surface area contributed by atoms with Gasteiger partial charge >= 0.3 is 11.9 Å². The minimum absolute atomic E-state index is 0.280. The molecule has 1 heterocycles. The summed E-state index contributed by atoms with van der Waals surface area (Å²) in [5.41, 5.74) is 0. The highest BCUT2D eigenvalue weighted by Crippen LogP contribution is 2.27. The van der Waals surface area contributed by atoms with E-state index in [1.54, 1.807) is 6.92 Å². The molecule has 0 spiro atoms. The third-order valence-corrected chi connectivity index (χ3v) is 3.75. The first-order chi connectivity index (χ1) is 7.49. The highest BCUT2D eigenvalue weighted by Gasteiger charge is 2.40. The van der Waals surface area contributed by atoms with Crippen molar-refractivity contribution < 1.29 is 19.4 Å². The Bertz CT molecular complexity index is 321. The van der Waals surface area contributed by atoms with Crippen LogP contribution < -0.4 is 0 Å². The molecule has 0 saturated carbocycles. The molecule has 0 amide bonds. The van der Waals surface area contributed by atoms with Gasteiger partial charge in [-0.05, 0) is 13.8 Å². The SMILES string of the molecule is CCOC(=O)C1CSC(=S)N1C(C)C(=O)O. The van der Waals surface area contributed by atoms with Gasteiger partial charge < -0.3 is 14.7 Å². The number of ether oxygens (including phenoxy) is 1. The molecule has 1 saturated heterocycles. The summed E-state index contributed by atoms with van der Waals surface area (Å²) in [6.45, 7) is 3.50. The Morgan fingerprint density at radius 1 is 1.75 bits per heavy atom. The maximum atomic E-state index is 11.6. The first kappa shape index (κ1) is 13.2. The number of carbonyl (C=O) groups excluding carboxylic acids is 1. The van der Waals surface area contributed by atoms with E-state index in [4.69, 9.17) is 22.1 Å². The van der Waals surface area contributed by atoms with E-state index in [0.717, 1.165) is 0 Å². The van der Waals surface area contributed by atoms with E-state index in [2.05, 4.69) is 0 Å². The minimum Gasteiger partial charge on any atom is -0.480 e. The van der Waals surface area contributed by atoms with Gasteiger partial charge in [-0.2, -0.15) is 0 Å². The van der Waals surface area contributed by atoms with Crippen molar-refractivity contribution >= 4 is 40.2 Å². The number of carboxylic acid groups (broad SMARTS) is 1. The number of carbonyl (C=O) groups is 2. The molecule has 1 aliphatic heterocycles. The zero-order chi connectivity index (χ0) is 12.3. The number of hydrogen-bond acceptors (Lipinski definition) is 5. The van der Waals surface area contributed by atoms with Crippen molar-refractivity contribution in [2.75, 3.05) is 12.4 Å². The van der Waals surface area contributed by atoms with Gasteiger partial charge in [-0.1, -0.05) is 24.0 Å². The quantitative estimate of drug-likeness (QED) is 0.592. The molecule has 1 aliphatic rings. The molecule has 7 heteroatoms. The Morgan fingerprint density at radius 3 is 2.88 bits per heavy atom. The Kier molecular flexibility index (Phi) is 4.55. The zero-order valence-electron chi connectivity index (χ0n) is 9.00. The van der Waals surface area contributed by atoms with Crippen LogP contribution in [0.1, 0.15) is 13.8 Å². The van der Waals surface area contributed by atoms with Gasteiger partial charge in [0, 0.05) is 5.75 Å². The molecule has 5 nitrogen and oxygen atoms in total. The molecule has 0 radical (unpaired) electrons. The summed E-state index contributed by atoms with van der Waals surface area (Å²) < 4.78 is 5.33. The van der Waals surface area contributed by atoms with Crippen molar-refractivity contribution in [1.29, 1.82) is 0 Å². The van der Waals surface area contributed by atoms with Crippen molar-refractivity contribution in [3.63, 3.8) is 0 Å². The van der Waals surface area contributed by atoms with Crippen molar-refractivity contribution in [3.05, 3.63) is 0 Å². The first-order valence-corrected chi connectivity index (χ1v) is 6.23. The topological polar surface area (TPSA) is 66.8 Å². The van der Waals surface area contributed by atoms with Gasteiger partial charge in [0.15, 0.2) is 0 Å². The van der Waals surface area contributed by atoms with E-state index in [-0.39, 0.29) is 6.61 Å². The number of nitrogens with zero attached hydrogens (tertiary/aromatic N) is 1. The van der Waals surface area contributed by atoms with E-state index >= 15 is 0 Å². The second-order valence-electron chi connectivity index (χ2n) is 3.27. The summed E-state index contributed by atoms with van der Waals surface area (Å²) in [5.74, 6) is -0.961. The first-order valence-electron chi connectivity index (χ1n) is 4.83. The molecule has 2 atom stereocenters. The lowest BCUT2D eigenvalue weighted by Crippen LogP contribution is -2.48. The standard InChI is InChI=1S/C9H13NO4S2/c1-3-14-8(13)6-4-16-9(15)10(6)5(2)7(11)12/h5-6H,3-4H2,1-2H3,(H,11,12). The lowest BCUT2D eigenvalue weighted by molar-refractivity contribution is -0.149. The number of carboxylic acids is 1. The predicted molar refractivity (Wildman–Crippen MR) is 64.4 cm³/mol. The van der Waals surface area contributed by atoms with E-state index in [0.29, 0.717) is 10.1 Å². The van der Waals surface area contributed by atoms with Crippen LogP contribution in [0.4, 0.5) is 0 Å². The average Bonchev–Trinajstić information content (AvgIpc) is 2.59. The monoisotopic (exact) mass is 263 g/mol. The average molecular weight is 263 g/mol. The third kappa shape index (κ3) is 2.65. The van der Waals surface area contributed by atoms with Gasteiger partial charge in [0.1, 0.15) is 16.4 Å². The van der Waals surface area contributed by atoms with Crippen LogP contribution in [0.5, 0.6) is 0 Å². The molecule has 0 aliphatic carbocycles. The molecule has 1 fully saturated rings. The number of aliphatic carboxylic acids is 1. The Balaban J connectivity index is 2.81. The maximum Gasteiger partial charge on any atom is 0.329 e. The van der Waals surface area contributed by atoms with E-state index in [1.807, 2.05) is 0 Å². The number of thiocarbonyl (C=S) groups is 1. The number of hydrogen-bond donors (Lipinski definition) is 1. The van der Waals surface area contributed by atoms with Gasteiger partial charge in [0.25, 0.3) is 0 Å². The number of esters is 1. The lowest BCUT2D eigenvalue weighted by atomic mass is 10.2. The van der Waals surface area contributed by atoms with Gasteiger partial charge in [0.05, 0.1) is 6.61 Å². The maximum absolute atomic E-state index is 11.6. The third-order valence-electron chi connectivity index (χ3n) is 2.24. The summed E-state index contributed by atoms with van der Waals surface area (Å²) in [5, 5.41) is 8.93. The molecular weight excluding hydrogens is 250 g/mol. The highest BCUT2D eigenvalue weighted by molar-refractivity contribution is 8.23. The largest absolute Gasteiger partial charge is 0.480 e. The zero-order valence-corrected chi connectivity index (χ0v) is 10.6. The van der Waals surface area contributed by atoms with Crippen LogP contribution in [0.15, 0.2) is 0 Å². The van der Waals surface area contributed by atoms with Crippen LogP contribution in [-0.4, -0.2) is 50.7 Å². The van der Waals surface area contributed by atoms with Crippen molar-refractivity contribution in [1.82, 2.24) is 4.90 Å². The van der Waals surface area contributed by atoms with Crippen LogP contribution >= 0.6 is 24.0 Å². The molecule has 1 rings (SSSR count). The van der Waals surface area contributed by atoms with Gasteiger partial charge in [-0.25, -0.2) is 9.59 Å². The summed E-state index contributed by atoms with van der Waals surface area (Å²) >= 11 is 6.34.